The molecule has 1 saturated heterocycles. The average molecular weight is 290 g/mol. The van der Waals surface area contributed by atoms with Crippen LogP contribution in [0.4, 0.5) is 0 Å². The molecule has 1 aliphatic rings. The van der Waals surface area contributed by atoms with Gasteiger partial charge in [0.25, 0.3) is 0 Å². The van der Waals surface area contributed by atoms with Crippen LogP contribution in [0, 0.1) is 5.92 Å². The number of nitrogens with two attached hydrogens (primary N) is 1. The maximum atomic E-state index is 11.8. The molecule has 1 fully saturated rings. The van der Waals surface area contributed by atoms with Crippen molar-refractivity contribution in [3.8, 4) is 0 Å². The predicted molar refractivity (Wildman–Crippen MR) is 81.2 cm³/mol. The smallest absolute Gasteiger partial charge is 0.408 e. The van der Waals surface area contributed by atoms with Gasteiger partial charge in [0.2, 0.25) is 0 Å². The quantitative estimate of drug-likeness (QED) is 0.938. The van der Waals surface area contributed by atoms with E-state index in [0.29, 0.717) is 18.0 Å². The molecule has 0 spiro atoms. The van der Waals surface area contributed by atoms with Crippen molar-refractivity contribution >= 4 is 11.1 Å². The fourth-order valence-electron chi connectivity index (χ4n) is 3.33. The van der Waals surface area contributed by atoms with E-state index in [1.807, 2.05) is 25.1 Å². The zero-order chi connectivity index (χ0) is 15.0. The minimum Gasteiger partial charge on any atom is -0.408 e. The summed E-state index contributed by atoms with van der Waals surface area (Å²) in [4.78, 5) is 11.8. The molecule has 2 heterocycles. The van der Waals surface area contributed by atoms with Crippen molar-refractivity contribution in [2.75, 3.05) is 6.61 Å². The first-order valence-corrected chi connectivity index (χ1v) is 7.66. The van der Waals surface area contributed by atoms with Gasteiger partial charge >= 0.3 is 5.76 Å². The van der Waals surface area contributed by atoms with Crippen LogP contribution >= 0.6 is 0 Å². The fraction of sp³-hybridized carbons (Fsp3) is 0.562. The van der Waals surface area contributed by atoms with Crippen LogP contribution in [0.1, 0.15) is 38.3 Å². The van der Waals surface area contributed by atoms with E-state index in [1.54, 1.807) is 4.57 Å². The summed E-state index contributed by atoms with van der Waals surface area (Å²) >= 11 is 0. The molecule has 3 atom stereocenters. The Morgan fingerprint density at radius 3 is 2.95 bits per heavy atom. The standard InChI is InChI=1S/C16H22N2O3/c1-3-13-11(7-8-20-13)15(17)10-5-6-12-14(9-10)21-16(19)18(12)4-2/h5-6,9,11,13,15H,3-4,7-8,17H2,1-2H3. The van der Waals surface area contributed by atoms with E-state index in [0.717, 1.165) is 30.5 Å². The van der Waals surface area contributed by atoms with Crippen LogP contribution in [0.3, 0.4) is 0 Å². The Morgan fingerprint density at radius 1 is 1.43 bits per heavy atom. The fourth-order valence-corrected chi connectivity index (χ4v) is 3.33. The van der Waals surface area contributed by atoms with Crippen LogP contribution in [-0.4, -0.2) is 17.3 Å². The molecule has 3 rings (SSSR count). The number of hydrogen-bond donors (Lipinski definition) is 1. The van der Waals surface area contributed by atoms with E-state index in [2.05, 4.69) is 6.92 Å². The van der Waals surface area contributed by atoms with Crippen LogP contribution in [-0.2, 0) is 11.3 Å². The molecule has 0 amide bonds. The molecule has 5 heteroatoms. The highest BCUT2D eigenvalue weighted by molar-refractivity contribution is 5.74. The highest BCUT2D eigenvalue weighted by Gasteiger charge is 2.32. The molecule has 5 nitrogen and oxygen atoms in total. The second-order valence-corrected chi connectivity index (χ2v) is 5.64. The van der Waals surface area contributed by atoms with E-state index < -0.39 is 0 Å². The minimum absolute atomic E-state index is 0.0860. The monoisotopic (exact) mass is 290 g/mol. The summed E-state index contributed by atoms with van der Waals surface area (Å²) in [6.45, 7) is 5.43. The van der Waals surface area contributed by atoms with Crippen molar-refractivity contribution in [2.24, 2.45) is 11.7 Å². The number of aromatic nitrogens is 1. The first-order valence-electron chi connectivity index (χ1n) is 7.66. The molecular weight excluding hydrogens is 268 g/mol. The third-order valence-electron chi connectivity index (χ3n) is 4.52. The molecule has 2 N–H and O–H groups in total. The summed E-state index contributed by atoms with van der Waals surface area (Å²) in [7, 11) is 0. The van der Waals surface area contributed by atoms with Gasteiger partial charge in [-0.1, -0.05) is 13.0 Å². The Balaban J connectivity index is 1.95. The van der Waals surface area contributed by atoms with Gasteiger partial charge in [-0.15, -0.1) is 0 Å². The first-order chi connectivity index (χ1) is 10.2. The summed E-state index contributed by atoms with van der Waals surface area (Å²) < 4.78 is 12.7. The molecule has 114 valence electrons. The van der Waals surface area contributed by atoms with Crippen molar-refractivity contribution < 1.29 is 9.15 Å². The molecule has 1 aromatic heterocycles. The van der Waals surface area contributed by atoms with Crippen molar-refractivity contribution in [3.05, 3.63) is 34.3 Å². The lowest BCUT2D eigenvalue weighted by molar-refractivity contribution is 0.0813. The maximum absolute atomic E-state index is 11.8. The van der Waals surface area contributed by atoms with Gasteiger partial charge in [-0.25, -0.2) is 4.79 Å². The number of oxazole rings is 1. The maximum Gasteiger partial charge on any atom is 0.419 e. The molecular formula is C16H22N2O3. The predicted octanol–water partition coefficient (Wildman–Crippen LogP) is 2.43. The van der Waals surface area contributed by atoms with Crippen LogP contribution in [0.25, 0.3) is 11.1 Å². The van der Waals surface area contributed by atoms with E-state index in [4.69, 9.17) is 14.9 Å². The van der Waals surface area contributed by atoms with E-state index in [1.165, 1.54) is 0 Å². The zero-order valence-corrected chi connectivity index (χ0v) is 12.5. The van der Waals surface area contributed by atoms with Gasteiger partial charge in [0, 0.05) is 25.1 Å². The van der Waals surface area contributed by atoms with Gasteiger partial charge in [0.15, 0.2) is 5.58 Å². The van der Waals surface area contributed by atoms with Crippen LogP contribution in [0.15, 0.2) is 27.4 Å². The largest absolute Gasteiger partial charge is 0.419 e. The van der Waals surface area contributed by atoms with Gasteiger partial charge in [-0.2, -0.15) is 0 Å². The lowest BCUT2D eigenvalue weighted by Gasteiger charge is -2.24. The molecule has 21 heavy (non-hydrogen) atoms. The molecule has 0 radical (unpaired) electrons. The summed E-state index contributed by atoms with van der Waals surface area (Å²) in [6.07, 6.45) is 2.18. The molecule has 1 aliphatic heterocycles. The molecule has 0 aliphatic carbocycles. The van der Waals surface area contributed by atoms with Crippen molar-refractivity contribution in [1.82, 2.24) is 4.57 Å². The number of fused-ring (bicyclic) bond motifs is 1. The van der Waals surface area contributed by atoms with Gasteiger partial charge in [-0.3, -0.25) is 4.57 Å². The molecule has 2 aromatic rings. The van der Waals surface area contributed by atoms with Gasteiger partial charge in [-0.05, 0) is 37.5 Å². The van der Waals surface area contributed by atoms with Gasteiger partial charge < -0.3 is 14.9 Å². The second kappa shape index (κ2) is 5.66. The lowest BCUT2D eigenvalue weighted by Crippen LogP contribution is -2.27. The van der Waals surface area contributed by atoms with Gasteiger partial charge in [0.05, 0.1) is 11.6 Å². The SMILES string of the molecule is CCC1OCCC1C(N)c1ccc2c(c1)oc(=O)n2CC. The Morgan fingerprint density at radius 2 is 2.24 bits per heavy atom. The van der Waals surface area contributed by atoms with E-state index >= 15 is 0 Å². The Kier molecular flexibility index (Phi) is 3.87. The van der Waals surface area contributed by atoms with E-state index in [9.17, 15) is 4.79 Å². The number of benzene rings is 1. The molecule has 1 aromatic carbocycles. The minimum atomic E-state index is -0.311. The zero-order valence-electron chi connectivity index (χ0n) is 12.5. The summed E-state index contributed by atoms with van der Waals surface area (Å²) in [5.41, 5.74) is 8.88. The third-order valence-corrected chi connectivity index (χ3v) is 4.52. The van der Waals surface area contributed by atoms with Crippen LogP contribution < -0.4 is 11.5 Å². The molecule has 3 unspecified atom stereocenters. The number of aryl methyl sites for hydroxylation is 1. The third kappa shape index (κ3) is 2.40. The highest BCUT2D eigenvalue weighted by Crippen LogP contribution is 2.34. The molecule has 0 bridgehead atoms. The van der Waals surface area contributed by atoms with Crippen molar-refractivity contribution in [2.45, 2.75) is 45.4 Å². The Labute approximate surface area is 123 Å². The number of ether oxygens (including phenoxy) is 1. The first kappa shape index (κ1) is 14.4. The number of rotatable bonds is 4. The topological polar surface area (TPSA) is 70.4 Å². The van der Waals surface area contributed by atoms with E-state index in [-0.39, 0.29) is 17.9 Å². The second-order valence-electron chi connectivity index (χ2n) is 5.64. The van der Waals surface area contributed by atoms with Crippen molar-refractivity contribution in [3.63, 3.8) is 0 Å². The van der Waals surface area contributed by atoms with Gasteiger partial charge in [0.1, 0.15) is 0 Å². The number of hydrogen-bond acceptors (Lipinski definition) is 4. The number of nitrogens with zero attached hydrogens (tertiary/aromatic N) is 1. The van der Waals surface area contributed by atoms with Crippen LogP contribution in [0.5, 0.6) is 0 Å². The average Bonchev–Trinajstić information content (AvgIpc) is 3.08. The Bertz CT molecular complexity index is 688. The summed E-state index contributed by atoms with van der Waals surface area (Å²) in [5.74, 6) is 0.0151. The normalized spacial score (nSPS) is 23.8. The summed E-state index contributed by atoms with van der Waals surface area (Å²) in [5, 5.41) is 0. The molecule has 0 saturated carbocycles. The lowest BCUT2D eigenvalue weighted by atomic mass is 9.87. The highest BCUT2D eigenvalue weighted by atomic mass is 16.5. The van der Waals surface area contributed by atoms with Crippen LogP contribution in [0.2, 0.25) is 0 Å². The van der Waals surface area contributed by atoms with Crippen molar-refractivity contribution in [1.29, 1.82) is 0 Å². The summed E-state index contributed by atoms with van der Waals surface area (Å²) in [6, 6.07) is 5.74. The Hall–Kier alpha value is -1.59.